The molecule has 0 saturated heterocycles. The molecule has 0 aliphatic heterocycles. The number of carbonyl (C=O) groups excluding carboxylic acids is 3. The molecule has 51 heavy (non-hydrogen) atoms. The number of phenols is 3. The molecule has 0 aliphatic rings. The van der Waals surface area contributed by atoms with Crippen molar-refractivity contribution in [2.75, 3.05) is 20.8 Å². The molecule has 0 fully saturated rings. The maximum absolute atomic E-state index is 12.7. The van der Waals surface area contributed by atoms with Crippen molar-refractivity contribution in [3.05, 3.63) is 117 Å². The van der Waals surface area contributed by atoms with Gasteiger partial charge < -0.3 is 24.8 Å². The summed E-state index contributed by atoms with van der Waals surface area (Å²) >= 11 is 0.314. The van der Waals surface area contributed by atoms with E-state index in [1.807, 2.05) is 26.0 Å². The molecule has 274 valence electrons. The number of carbonyl (C=O) groups is 3. The second kappa shape index (κ2) is 19.7. The van der Waals surface area contributed by atoms with Gasteiger partial charge in [0.15, 0.2) is 0 Å². The van der Waals surface area contributed by atoms with E-state index in [-0.39, 0.29) is 34.3 Å². The van der Waals surface area contributed by atoms with Gasteiger partial charge in [-0.05, 0) is 49.6 Å². The molecular formula is C40H50O9SeSi. The van der Waals surface area contributed by atoms with Crippen LogP contribution in [0.4, 0.5) is 0 Å². The Morgan fingerprint density at radius 3 is 1.63 bits per heavy atom. The van der Waals surface area contributed by atoms with Crippen LogP contribution >= 0.6 is 0 Å². The quantitative estimate of drug-likeness (QED) is 0.0906. The zero-order valence-corrected chi connectivity index (χ0v) is 33.9. The maximum atomic E-state index is 12.7. The zero-order chi connectivity index (χ0) is 38.5. The first-order valence-electron chi connectivity index (χ1n) is 16.3. The predicted octanol–water partition coefficient (Wildman–Crippen LogP) is 7.32. The number of aromatic hydroxyl groups is 3. The van der Waals surface area contributed by atoms with Crippen molar-refractivity contribution in [1.82, 2.24) is 0 Å². The molecule has 0 atom stereocenters. The van der Waals surface area contributed by atoms with Gasteiger partial charge >= 0.3 is 171 Å². The Morgan fingerprint density at radius 1 is 0.647 bits per heavy atom. The van der Waals surface area contributed by atoms with E-state index in [9.17, 15) is 24.6 Å². The number of esters is 3. The van der Waals surface area contributed by atoms with Gasteiger partial charge in [0, 0.05) is 6.07 Å². The van der Waals surface area contributed by atoms with Crippen LogP contribution in [0.2, 0.25) is 25.7 Å². The number of phenolic OH excluding ortho intramolecular Hbond substituents is 3. The van der Waals surface area contributed by atoms with E-state index in [2.05, 4.69) is 72.4 Å². The van der Waals surface area contributed by atoms with Gasteiger partial charge in [-0.1, -0.05) is 6.07 Å². The Hall–Kier alpha value is -4.57. The third kappa shape index (κ3) is 13.6. The van der Waals surface area contributed by atoms with E-state index < -0.39 is 20.0 Å². The number of hydrogen-bond donors (Lipinski definition) is 3. The third-order valence-corrected chi connectivity index (χ3v) is 11.5. The summed E-state index contributed by atoms with van der Waals surface area (Å²) in [4.78, 5) is 35.0. The van der Waals surface area contributed by atoms with Crippen molar-refractivity contribution in [2.24, 2.45) is 0 Å². The monoisotopic (exact) mass is 782 g/mol. The molecular weight excluding hydrogens is 731 g/mol. The van der Waals surface area contributed by atoms with Gasteiger partial charge in [0.05, 0.1) is 14.2 Å². The number of aryl methyl sites for hydroxylation is 5. The van der Waals surface area contributed by atoms with E-state index >= 15 is 0 Å². The molecule has 0 amide bonds. The summed E-state index contributed by atoms with van der Waals surface area (Å²) < 4.78 is 16.0. The molecule has 0 spiro atoms. The minimum absolute atomic E-state index is 0.0237. The topological polar surface area (TPSA) is 140 Å². The molecule has 0 bridgehead atoms. The number of ether oxygens (including phenoxy) is 3. The van der Waals surface area contributed by atoms with Crippen LogP contribution in [0.5, 0.6) is 17.2 Å². The SMILES string of the molecule is COC(=O)c1c(C)cc(C)cc1O.COC(=O)c1c(C)cc(O)cc1O.Cc1cc(C)c(C(=O)OCC[Si](C)(C)C)c(C[Se]c2ccccc2)c1. The van der Waals surface area contributed by atoms with Gasteiger partial charge in [0.2, 0.25) is 0 Å². The summed E-state index contributed by atoms with van der Waals surface area (Å²) in [6.07, 6.45) is 0. The van der Waals surface area contributed by atoms with Gasteiger partial charge in [-0.3, -0.25) is 0 Å². The molecule has 11 heteroatoms. The Morgan fingerprint density at radius 2 is 1.14 bits per heavy atom. The Kier molecular flexibility index (Phi) is 16.5. The fourth-order valence-electron chi connectivity index (χ4n) is 5.09. The van der Waals surface area contributed by atoms with E-state index in [0.29, 0.717) is 27.1 Å². The summed E-state index contributed by atoms with van der Waals surface area (Å²) in [6.45, 7) is 16.8. The summed E-state index contributed by atoms with van der Waals surface area (Å²) in [6, 6.07) is 21.6. The van der Waals surface area contributed by atoms with Crippen molar-refractivity contribution < 1.29 is 43.9 Å². The number of rotatable bonds is 9. The van der Waals surface area contributed by atoms with Crippen LogP contribution in [0.15, 0.2) is 66.7 Å². The molecule has 0 radical (unpaired) electrons. The molecule has 4 aromatic carbocycles. The molecule has 0 aliphatic carbocycles. The van der Waals surface area contributed by atoms with Crippen molar-refractivity contribution in [1.29, 1.82) is 0 Å². The Bertz CT molecular complexity index is 1700. The first kappa shape index (κ1) is 42.6. The molecule has 0 heterocycles. The van der Waals surface area contributed by atoms with Crippen molar-refractivity contribution in [3.63, 3.8) is 0 Å². The Labute approximate surface area is 308 Å². The van der Waals surface area contributed by atoms with Crippen LogP contribution in [-0.2, 0) is 19.5 Å². The first-order valence-corrected chi connectivity index (χ1v) is 22.1. The molecule has 3 N–H and O–H groups in total. The number of benzene rings is 4. The van der Waals surface area contributed by atoms with Gasteiger partial charge in [0.25, 0.3) is 0 Å². The van der Waals surface area contributed by atoms with E-state index in [1.165, 1.54) is 30.3 Å². The van der Waals surface area contributed by atoms with Crippen LogP contribution in [0.1, 0.15) is 64.5 Å². The predicted molar refractivity (Wildman–Crippen MR) is 205 cm³/mol. The van der Waals surface area contributed by atoms with Crippen LogP contribution in [-0.4, -0.2) is 77.1 Å². The van der Waals surface area contributed by atoms with Crippen LogP contribution in [0.3, 0.4) is 0 Å². The van der Waals surface area contributed by atoms with Gasteiger partial charge in [0.1, 0.15) is 28.4 Å². The average Bonchev–Trinajstić information content (AvgIpc) is 3.02. The molecule has 9 nitrogen and oxygen atoms in total. The van der Waals surface area contributed by atoms with E-state index in [1.54, 1.807) is 19.9 Å². The van der Waals surface area contributed by atoms with E-state index in [0.717, 1.165) is 45.2 Å². The van der Waals surface area contributed by atoms with Crippen LogP contribution < -0.4 is 4.46 Å². The third-order valence-electron chi connectivity index (χ3n) is 7.53. The average molecular weight is 782 g/mol. The van der Waals surface area contributed by atoms with Crippen molar-refractivity contribution in [2.45, 2.75) is 65.6 Å². The van der Waals surface area contributed by atoms with E-state index in [4.69, 9.17) is 9.84 Å². The first-order chi connectivity index (χ1) is 23.9. The molecule has 0 unspecified atom stereocenters. The number of methoxy groups -OCH3 is 2. The molecule has 0 saturated carbocycles. The van der Waals surface area contributed by atoms with Crippen LogP contribution in [0, 0.1) is 34.6 Å². The van der Waals surface area contributed by atoms with Gasteiger partial charge in [-0.15, -0.1) is 0 Å². The molecule has 4 rings (SSSR count). The second-order valence-corrected chi connectivity index (χ2v) is 21.1. The fraction of sp³-hybridized carbons (Fsp3) is 0.325. The zero-order valence-electron chi connectivity index (χ0n) is 31.2. The van der Waals surface area contributed by atoms with Crippen molar-refractivity contribution >= 4 is 45.4 Å². The standard InChI is InChI=1S/C21H28O2SeSi.C10H12O3.C9H10O4/c1-16-13-17(2)20(21(22)23-11-12-25(3,4)5)18(14-16)15-24-19-9-7-6-8-10-19;1-6-4-7(2)9(8(11)5-6)10(12)13-3;1-5-3-6(10)4-7(11)8(5)9(12)13-2/h6-10,13-14H,11-12,15H2,1-5H3;4-5,11H,1-3H3;3-4,10-11H,1-2H3. The minimum atomic E-state index is -1.19. The molecule has 4 aromatic rings. The summed E-state index contributed by atoms with van der Waals surface area (Å²) in [7, 11) is 1.33. The summed E-state index contributed by atoms with van der Waals surface area (Å²) in [5.74, 6) is -1.66. The number of hydrogen-bond acceptors (Lipinski definition) is 9. The molecule has 0 aromatic heterocycles. The van der Waals surface area contributed by atoms with Crippen LogP contribution in [0.25, 0.3) is 0 Å². The normalized spacial score (nSPS) is 10.5. The second-order valence-electron chi connectivity index (χ2n) is 13.3. The van der Waals surface area contributed by atoms with Crippen molar-refractivity contribution in [3.8, 4) is 17.2 Å². The Balaban J connectivity index is 0.000000292. The fourth-order valence-corrected chi connectivity index (χ4v) is 7.69. The van der Waals surface area contributed by atoms with Gasteiger partial charge in [-0.2, -0.15) is 0 Å². The summed E-state index contributed by atoms with van der Waals surface area (Å²) in [5.41, 5.74) is 6.58. The van der Waals surface area contributed by atoms with Gasteiger partial charge in [-0.25, -0.2) is 9.59 Å². The summed E-state index contributed by atoms with van der Waals surface area (Å²) in [5, 5.41) is 28.8.